The van der Waals surface area contributed by atoms with E-state index in [0.29, 0.717) is 22.3 Å². The molecule has 0 unspecified atom stereocenters. The van der Waals surface area contributed by atoms with Crippen molar-refractivity contribution in [2.75, 3.05) is 12.9 Å². The number of Topliss-reactive ketones (excluding diaryl/α,β-unsaturated/α-hetero) is 1. The van der Waals surface area contributed by atoms with Gasteiger partial charge in [-0.25, -0.2) is 0 Å². The number of para-hydroxylation sites is 2. The van der Waals surface area contributed by atoms with Gasteiger partial charge in [-0.3, -0.25) is 9.36 Å². The molecule has 144 valence electrons. The van der Waals surface area contributed by atoms with Gasteiger partial charge in [0.1, 0.15) is 5.75 Å². The minimum atomic E-state index is 0.0476. The standard InChI is InChI=1S/C23H19N3O2S/c1-28-21-15-9-8-14-19(21)26-22(18-12-6-3-7-13-18)24-25-23(26)29-16-20(27)17-10-4-2-5-11-17/h2-15H,16H2,1H3. The first-order chi connectivity index (χ1) is 14.3. The summed E-state index contributed by atoms with van der Waals surface area (Å²) >= 11 is 1.36. The Kier molecular flexibility index (Phi) is 5.72. The fourth-order valence-electron chi connectivity index (χ4n) is 3.01. The van der Waals surface area contributed by atoms with E-state index in [0.717, 1.165) is 11.3 Å². The number of methoxy groups -OCH3 is 1. The van der Waals surface area contributed by atoms with Crippen molar-refractivity contribution in [2.45, 2.75) is 5.16 Å². The first kappa shape index (κ1) is 19.0. The van der Waals surface area contributed by atoms with Crippen molar-refractivity contribution in [3.05, 3.63) is 90.5 Å². The molecule has 0 aliphatic carbocycles. The SMILES string of the molecule is COc1ccccc1-n1c(SCC(=O)c2ccccc2)nnc1-c1ccccc1. The second-order valence-corrected chi connectivity index (χ2v) is 7.20. The summed E-state index contributed by atoms with van der Waals surface area (Å²) in [5, 5.41) is 9.43. The fourth-order valence-corrected chi connectivity index (χ4v) is 3.85. The highest BCUT2D eigenvalue weighted by Gasteiger charge is 2.19. The quantitative estimate of drug-likeness (QED) is 0.325. The summed E-state index contributed by atoms with van der Waals surface area (Å²) in [6.07, 6.45) is 0. The van der Waals surface area contributed by atoms with E-state index < -0.39 is 0 Å². The number of carbonyl (C=O) groups excluding carboxylic acids is 1. The molecule has 0 fully saturated rings. The maximum absolute atomic E-state index is 12.6. The van der Waals surface area contributed by atoms with Gasteiger partial charge in [0, 0.05) is 11.1 Å². The third-order valence-corrected chi connectivity index (χ3v) is 5.35. The molecule has 29 heavy (non-hydrogen) atoms. The van der Waals surface area contributed by atoms with Crippen LogP contribution in [0.5, 0.6) is 5.75 Å². The first-order valence-corrected chi connectivity index (χ1v) is 10.1. The predicted octanol–water partition coefficient (Wildman–Crippen LogP) is 4.92. The van der Waals surface area contributed by atoms with Crippen LogP contribution in [-0.2, 0) is 0 Å². The summed E-state index contributed by atoms with van der Waals surface area (Å²) in [6.45, 7) is 0. The zero-order valence-electron chi connectivity index (χ0n) is 15.9. The van der Waals surface area contributed by atoms with E-state index in [9.17, 15) is 4.79 Å². The van der Waals surface area contributed by atoms with Crippen LogP contribution in [0, 0.1) is 0 Å². The molecule has 3 aromatic carbocycles. The lowest BCUT2D eigenvalue weighted by Crippen LogP contribution is -2.05. The Morgan fingerprint density at radius 2 is 1.55 bits per heavy atom. The molecule has 0 atom stereocenters. The Morgan fingerprint density at radius 3 is 2.28 bits per heavy atom. The molecule has 5 nitrogen and oxygen atoms in total. The van der Waals surface area contributed by atoms with Crippen LogP contribution in [0.3, 0.4) is 0 Å². The maximum atomic E-state index is 12.6. The van der Waals surface area contributed by atoms with Gasteiger partial charge >= 0.3 is 0 Å². The highest BCUT2D eigenvalue weighted by Crippen LogP contribution is 2.32. The van der Waals surface area contributed by atoms with Crippen LogP contribution in [0.15, 0.2) is 90.1 Å². The predicted molar refractivity (Wildman–Crippen MR) is 115 cm³/mol. The molecule has 0 aliphatic rings. The number of ketones is 1. The minimum Gasteiger partial charge on any atom is -0.495 e. The lowest BCUT2D eigenvalue weighted by Gasteiger charge is -2.13. The molecule has 0 saturated heterocycles. The number of carbonyl (C=O) groups is 1. The molecular formula is C23H19N3O2S. The molecule has 0 radical (unpaired) electrons. The Morgan fingerprint density at radius 1 is 0.897 bits per heavy atom. The van der Waals surface area contributed by atoms with Crippen molar-refractivity contribution in [2.24, 2.45) is 0 Å². The van der Waals surface area contributed by atoms with Gasteiger partial charge in [-0.2, -0.15) is 0 Å². The molecule has 0 amide bonds. The third-order valence-electron chi connectivity index (χ3n) is 4.42. The lowest BCUT2D eigenvalue weighted by molar-refractivity contribution is 0.102. The van der Waals surface area contributed by atoms with Crippen LogP contribution in [0.25, 0.3) is 17.1 Å². The molecule has 6 heteroatoms. The fraction of sp³-hybridized carbons (Fsp3) is 0.0870. The maximum Gasteiger partial charge on any atom is 0.196 e. The minimum absolute atomic E-state index is 0.0476. The van der Waals surface area contributed by atoms with Gasteiger partial charge in [0.25, 0.3) is 0 Å². The number of ether oxygens (including phenoxy) is 1. The van der Waals surface area contributed by atoms with Crippen molar-refractivity contribution < 1.29 is 9.53 Å². The van der Waals surface area contributed by atoms with Crippen LogP contribution in [0.2, 0.25) is 0 Å². The number of thioether (sulfide) groups is 1. The molecule has 0 spiro atoms. The molecule has 1 heterocycles. The Labute approximate surface area is 173 Å². The number of nitrogens with zero attached hydrogens (tertiary/aromatic N) is 3. The Bertz CT molecular complexity index is 1110. The summed E-state index contributed by atoms with van der Waals surface area (Å²) in [5.41, 5.74) is 2.45. The largest absolute Gasteiger partial charge is 0.495 e. The molecule has 4 rings (SSSR count). The van der Waals surface area contributed by atoms with Crippen LogP contribution in [0.1, 0.15) is 10.4 Å². The van der Waals surface area contributed by atoms with E-state index in [1.165, 1.54) is 11.8 Å². The number of hydrogen-bond acceptors (Lipinski definition) is 5. The zero-order valence-corrected chi connectivity index (χ0v) is 16.7. The monoisotopic (exact) mass is 401 g/mol. The Balaban J connectivity index is 1.73. The van der Waals surface area contributed by atoms with Gasteiger partial charge in [-0.1, -0.05) is 84.6 Å². The zero-order chi connectivity index (χ0) is 20.1. The molecule has 0 bridgehead atoms. The van der Waals surface area contributed by atoms with Crippen molar-refractivity contribution in [1.29, 1.82) is 0 Å². The number of hydrogen-bond donors (Lipinski definition) is 0. The van der Waals surface area contributed by atoms with Gasteiger partial charge < -0.3 is 4.74 Å². The average Bonchev–Trinajstić information content (AvgIpc) is 3.22. The molecule has 0 N–H and O–H groups in total. The molecular weight excluding hydrogens is 382 g/mol. The summed E-state index contributed by atoms with van der Waals surface area (Å²) in [7, 11) is 1.64. The smallest absolute Gasteiger partial charge is 0.196 e. The summed E-state index contributed by atoms with van der Waals surface area (Å²) in [4.78, 5) is 12.6. The summed E-state index contributed by atoms with van der Waals surface area (Å²) in [5.74, 6) is 1.73. The van der Waals surface area contributed by atoms with Gasteiger partial charge in [-0.15, -0.1) is 10.2 Å². The van der Waals surface area contributed by atoms with Crippen LogP contribution >= 0.6 is 11.8 Å². The highest BCUT2D eigenvalue weighted by atomic mass is 32.2. The number of benzene rings is 3. The van der Waals surface area contributed by atoms with E-state index in [1.54, 1.807) is 7.11 Å². The molecule has 4 aromatic rings. The second-order valence-electron chi connectivity index (χ2n) is 6.26. The number of rotatable bonds is 7. The highest BCUT2D eigenvalue weighted by molar-refractivity contribution is 7.99. The van der Waals surface area contributed by atoms with E-state index in [2.05, 4.69) is 10.2 Å². The van der Waals surface area contributed by atoms with Crippen molar-refractivity contribution >= 4 is 17.5 Å². The van der Waals surface area contributed by atoms with E-state index in [4.69, 9.17) is 4.74 Å². The Hall–Kier alpha value is -3.38. The summed E-state index contributed by atoms with van der Waals surface area (Å²) in [6, 6.07) is 26.8. The van der Waals surface area contributed by atoms with Crippen LogP contribution in [-0.4, -0.2) is 33.4 Å². The van der Waals surface area contributed by atoms with Crippen LogP contribution in [0.4, 0.5) is 0 Å². The molecule has 0 saturated carbocycles. The lowest BCUT2D eigenvalue weighted by atomic mass is 10.2. The van der Waals surface area contributed by atoms with Gasteiger partial charge in [0.15, 0.2) is 16.8 Å². The van der Waals surface area contributed by atoms with Crippen molar-refractivity contribution in [3.63, 3.8) is 0 Å². The van der Waals surface area contributed by atoms with E-state index in [-0.39, 0.29) is 11.5 Å². The topological polar surface area (TPSA) is 57.0 Å². The van der Waals surface area contributed by atoms with E-state index >= 15 is 0 Å². The first-order valence-electron chi connectivity index (χ1n) is 9.13. The average molecular weight is 401 g/mol. The van der Waals surface area contributed by atoms with Crippen LogP contribution < -0.4 is 4.74 Å². The number of aromatic nitrogens is 3. The second kappa shape index (κ2) is 8.75. The van der Waals surface area contributed by atoms with E-state index in [1.807, 2.05) is 89.5 Å². The van der Waals surface area contributed by atoms with Crippen molar-refractivity contribution in [1.82, 2.24) is 14.8 Å². The van der Waals surface area contributed by atoms with Gasteiger partial charge in [0.05, 0.1) is 18.6 Å². The third kappa shape index (κ3) is 4.07. The van der Waals surface area contributed by atoms with Crippen molar-refractivity contribution in [3.8, 4) is 22.8 Å². The summed E-state index contributed by atoms with van der Waals surface area (Å²) < 4.78 is 7.50. The molecule has 1 aromatic heterocycles. The van der Waals surface area contributed by atoms with Gasteiger partial charge in [0.2, 0.25) is 0 Å². The molecule has 0 aliphatic heterocycles. The normalized spacial score (nSPS) is 10.7. The van der Waals surface area contributed by atoms with Gasteiger partial charge in [-0.05, 0) is 12.1 Å².